The first-order valence-electron chi connectivity index (χ1n) is 6.57. The Labute approximate surface area is 114 Å². The lowest BCUT2D eigenvalue weighted by Crippen LogP contribution is -2.30. The number of benzene rings is 1. The summed E-state index contributed by atoms with van der Waals surface area (Å²) < 4.78 is 10.0. The Kier molecular flexibility index (Phi) is 7.15. The van der Waals surface area contributed by atoms with Crippen molar-refractivity contribution >= 4 is 5.78 Å². The molecular weight excluding hydrogens is 242 g/mol. The predicted molar refractivity (Wildman–Crippen MR) is 75.4 cm³/mol. The lowest BCUT2D eigenvalue weighted by atomic mass is 10.0. The van der Waals surface area contributed by atoms with Crippen LogP contribution in [0.15, 0.2) is 24.3 Å². The molecule has 1 atom stereocenters. The number of Topliss-reactive ketones (excluding diaryl/α,β-unsaturated/α-hetero) is 1. The summed E-state index contributed by atoms with van der Waals surface area (Å²) in [7, 11) is 3.29. The number of nitrogens with two attached hydrogens (primary N) is 1. The van der Waals surface area contributed by atoms with Crippen LogP contribution in [0.2, 0.25) is 0 Å². The number of aryl methyl sites for hydroxylation is 1. The molecule has 0 aliphatic carbocycles. The van der Waals surface area contributed by atoms with Crippen LogP contribution >= 0.6 is 0 Å². The Morgan fingerprint density at radius 1 is 1.26 bits per heavy atom. The van der Waals surface area contributed by atoms with E-state index in [1.165, 1.54) is 0 Å². The van der Waals surface area contributed by atoms with Gasteiger partial charge in [-0.3, -0.25) is 4.79 Å². The number of methoxy groups -OCH3 is 2. The molecule has 4 heteroatoms. The molecule has 0 radical (unpaired) electrons. The first-order chi connectivity index (χ1) is 9.17. The quantitative estimate of drug-likeness (QED) is 0.693. The molecule has 0 amide bonds. The van der Waals surface area contributed by atoms with E-state index in [-0.39, 0.29) is 11.8 Å². The third kappa shape index (κ3) is 5.85. The van der Waals surface area contributed by atoms with E-state index in [0.717, 1.165) is 24.2 Å². The third-order valence-corrected chi connectivity index (χ3v) is 3.10. The van der Waals surface area contributed by atoms with Crippen molar-refractivity contribution in [3.63, 3.8) is 0 Å². The summed E-state index contributed by atoms with van der Waals surface area (Å²) >= 11 is 0. The normalized spacial score (nSPS) is 12.2. The standard InChI is InChI=1S/C15H23NO3/c1-18-11-3-4-14(16)15(17)10-7-12-5-8-13(19-2)9-6-12/h5-6,8-9,14H,3-4,7,10-11,16H2,1-2H3. The molecule has 106 valence electrons. The fraction of sp³-hybridized carbons (Fsp3) is 0.533. The van der Waals surface area contributed by atoms with Crippen molar-refractivity contribution in [2.45, 2.75) is 31.7 Å². The zero-order valence-corrected chi connectivity index (χ0v) is 11.7. The summed E-state index contributed by atoms with van der Waals surface area (Å²) in [6, 6.07) is 7.38. The second kappa shape index (κ2) is 8.67. The minimum absolute atomic E-state index is 0.118. The molecule has 0 saturated carbocycles. The van der Waals surface area contributed by atoms with Crippen LogP contribution in [-0.2, 0) is 16.0 Å². The van der Waals surface area contributed by atoms with Crippen molar-refractivity contribution in [1.29, 1.82) is 0 Å². The molecule has 2 N–H and O–H groups in total. The first kappa shape index (κ1) is 15.7. The van der Waals surface area contributed by atoms with Crippen molar-refractivity contribution in [1.82, 2.24) is 0 Å². The van der Waals surface area contributed by atoms with Crippen LogP contribution in [0.4, 0.5) is 0 Å². The lowest BCUT2D eigenvalue weighted by molar-refractivity contribution is -0.120. The highest BCUT2D eigenvalue weighted by Crippen LogP contribution is 2.13. The molecule has 0 heterocycles. The Hall–Kier alpha value is -1.39. The van der Waals surface area contributed by atoms with Crippen LogP contribution in [0, 0.1) is 0 Å². The minimum Gasteiger partial charge on any atom is -0.497 e. The number of hydrogen-bond acceptors (Lipinski definition) is 4. The van der Waals surface area contributed by atoms with Crippen LogP contribution in [-0.4, -0.2) is 32.7 Å². The van der Waals surface area contributed by atoms with Crippen molar-refractivity contribution in [2.75, 3.05) is 20.8 Å². The van der Waals surface area contributed by atoms with Crippen molar-refractivity contribution in [3.05, 3.63) is 29.8 Å². The van der Waals surface area contributed by atoms with Crippen molar-refractivity contribution in [2.24, 2.45) is 5.73 Å². The Balaban J connectivity index is 2.32. The average molecular weight is 265 g/mol. The minimum atomic E-state index is -0.367. The summed E-state index contributed by atoms with van der Waals surface area (Å²) in [4.78, 5) is 11.8. The molecule has 0 fully saturated rings. The molecule has 1 aromatic rings. The zero-order valence-electron chi connectivity index (χ0n) is 11.7. The summed E-state index contributed by atoms with van der Waals surface area (Å²) in [5.74, 6) is 0.943. The van der Waals surface area contributed by atoms with Crippen LogP contribution in [0.5, 0.6) is 5.75 Å². The highest BCUT2D eigenvalue weighted by Gasteiger charge is 2.12. The Bertz CT molecular complexity index is 375. The van der Waals surface area contributed by atoms with Crippen LogP contribution < -0.4 is 10.5 Å². The Morgan fingerprint density at radius 3 is 2.53 bits per heavy atom. The molecule has 0 aromatic heterocycles. The van der Waals surface area contributed by atoms with E-state index < -0.39 is 0 Å². The van der Waals surface area contributed by atoms with Gasteiger partial charge in [-0.15, -0.1) is 0 Å². The second-order valence-corrected chi connectivity index (χ2v) is 4.56. The van der Waals surface area contributed by atoms with Gasteiger partial charge in [0.1, 0.15) is 11.5 Å². The molecule has 1 unspecified atom stereocenters. The average Bonchev–Trinajstić information content (AvgIpc) is 2.45. The molecule has 4 nitrogen and oxygen atoms in total. The predicted octanol–water partition coefficient (Wildman–Crippen LogP) is 1.95. The Morgan fingerprint density at radius 2 is 1.95 bits per heavy atom. The van der Waals surface area contributed by atoms with E-state index in [0.29, 0.717) is 19.4 Å². The second-order valence-electron chi connectivity index (χ2n) is 4.56. The van der Waals surface area contributed by atoms with Crippen LogP contribution in [0.3, 0.4) is 0 Å². The van der Waals surface area contributed by atoms with Gasteiger partial charge in [-0.2, -0.15) is 0 Å². The molecule has 1 rings (SSSR count). The number of carbonyl (C=O) groups is 1. The van der Waals surface area contributed by atoms with Gasteiger partial charge in [-0.05, 0) is 37.0 Å². The van der Waals surface area contributed by atoms with E-state index in [1.807, 2.05) is 24.3 Å². The van der Waals surface area contributed by atoms with Gasteiger partial charge in [0.15, 0.2) is 0 Å². The van der Waals surface area contributed by atoms with E-state index in [2.05, 4.69) is 0 Å². The van der Waals surface area contributed by atoms with Gasteiger partial charge in [0.25, 0.3) is 0 Å². The van der Waals surface area contributed by atoms with E-state index in [1.54, 1.807) is 14.2 Å². The number of ketones is 1. The van der Waals surface area contributed by atoms with E-state index in [9.17, 15) is 4.79 Å². The van der Waals surface area contributed by atoms with Crippen LogP contribution in [0.1, 0.15) is 24.8 Å². The molecule has 0 aliphatic heterocycles. The molecule has 19 heavy (non-hydrogen) atoms. The summed E-state index contributed by atoms with van der Waals surface area (Å²) in [6.45, 7) is 0.652. The van der Waals surface area contributed by atoms with Crippen LogP contribution in [0.25, 0.3) is 0 Å². The van der Waals surface area contributed by atoms with Gasteiger partial charge in [-0.1, -0.05) is 12.1 Å². The highest BCUT2D eigenvalue weighted by atomic mass is 16.5. The topological polar surface area (TPSA) is 61.5 Å². The van der Waals surface area contributed by atoms with E-state index in [4.69, 9.17) is 15.2 Å². The summed E-state index contributed by atoms with van der Waals surface area (Å²) in [6.07, 6.45) is 2.72. The van der Waals surface area contributed by atoms with Gasteiger partial charge in [0.05, 0.1) is 13.2 Å². The molecule has 1 aromatic carbocycles. The molecular formula is C15H23NO3. The highest BCUT2D eigenvalue weighted by molar-refractivity contribution is 5.83. The fourth-order valence-corrected chi connectivity index (χ4v) is 1.85. The first-order valence-corrected chi connectivity index (χ1v) is 6.57. The van der Waals surface area contributed by atoms with Gasteiger partial charge < -0.3 is 15.2 Å². The smallest absolute Gasteiger partial charge is 0.149 e. The maximum Gasteiger partial charge on any atom is 0.149 e. The maximum atomic E-state index is 11.8. The zero-order chi connectivity index (χ0) is 14.1. The van der Waals surface area contributed by atoms with Crippen molar-refractivity contribution in [3.8, 4) is 5.75 Å². The van der Waals surface area contributed by atoms with E-state index >= 15 is 0 Å². The molecule has 0 spiro atoms. The SMILES string of the molecule is COCCCC(N)C(=O)CCc1ccc(OC)cc1. The molecule has 0 aliphatic rings. The maximum absolute atomic E-state index is 11.8. The van der Waals surface area contributed by atoms with Gasteiger partial charge in [0, 0.05) is 20.1 Å². The summed E-state index contributed by atoms with van der Waals surface area (Å²) in [5, 5.41) is 0. The van der Waals surface area contributed by atoms with Gasteiger partial charge in [0.2, 0.25) is 0 Å². The monoisotopic (exact) mass is 265 g/mol. The largest absolute Gasteiger partial charge is 0.497 e. The number of carbonyl (C=O) groups excluding carboxylic acids is 1. The number of ether oxygens (including phenoxy) is 2. The molecule has 0 bridgehead atoms. The molecule has 0 saturated heterocycles. The van der Waals surface area contributed by atoms with Gasteiger partial charge in [-0.25, -0.2) is 0 Å². The fourth-order valence-electron chi connectivity index (χ4n) is 1.85. The number of rotatable bonds is 9. The lowest BCUT2D eigenvalue weighted by Gasteiger charge is -2.10. The van der Waals surface area contributed by atoms with Crippen molar-refractivity contribution < 1.29 is 14.3 Å². The third-order valence-electron chi connectivity index (χ3n) is 3.10. The van der Waals surface area contributed by atoms with Gasteiger partial charge >= 0.3 is 0 Å². The number of hydrogen-bond donors (Lipinski definition) is 1. The summed E-state index contributed by atoms with van der Waals surface area (Å²) in [5.41, 5.74) is 6.97.